The fraction of sp³-hybridized carbons (Fsp3) is 0.857. The molecule has 0 N–H and O–H groups in total. The molecule has 3 unspecified atom stereocenters. The number of hydrogen-bond acceptors (Lipinski definition) is 2. The fourth-order valence-electron chi connectivity index (χ4n) is 4.12. The van der Waals surface area contributed by atoms with Crippen molar-refractivity contribution >= 4 is 15.9 Å². The Morgan fingerprint density at radius 1 is 1.50 bits per heavy atom. The van der Waals surface area contributed by atoms with Crippen LogP contribution in [0.25, 0.3) is 0 Å². The Morgan fingerprint density at radius 2 is 2.39 bits per heavy atom. The summed E-state index contributed by atoms with van der Waals surface area (Å²) in [6, 6.07) is 0. The first kappa shape index (κ1) is 12.6. The number of aryl methyl sites for hydroxylation is 1. The molecule has 3 atom stereocenters. The number of rotatable bonds is 5. The van der Waals surface area contributed by atoms with Crippen LogP contribution < -0.4 is 0 Å². The van der Waals surface area contributed by atoms with Crippen molar-refractivity contribution < 1.29 is 0 Å². The van der Waals surface area contributed by atoms with E-state index in [1.807, 2.05) is 0 Å². The van der Waals surface area contributed by atoms with Gasteiger partial charge in [-0.2, -0.15) is 5.10 Å². The molecule has 0 aliphatic heterocycles. The molecule has 18 heavy (non-hydrogen) atoms. The molecule has 0 aromatic carbocycles. The SMILES string of the molecule is CCCn1ncnc1CC1(CBr)CC2CCC1C2. The lowest BCUT2D eigenvalue weighted by Gasteiger charge is -2.36. The molecule has 1 aromatic rings. The Morgan fingerprint density at radius 3 is 3.00 bits per heavy atom. The molecule has 2 fully saturated rings. The van der Waals surface area contributed by atoms with Crippen LogP contribution in [0.5, 0.6) is 0 Å². The lowest BCUT2D eigenvalue weighted by atomic mass is 9.72. The predicted molar refractivity (Wildman–Crippen MR) is 75.7 cm³/mol. The van der Waals surface area contributed by atoms with Crippen LogP contribution in [0.15, 0.2) is 6.33 Å². The van der Waals surface area contributed by atoms with Gasteiger partial charge in [0, 0.05) is 18.3 Å². The van der Waals surface area contributed by atoms with Crippen LogP contribution in [0.2, 0.25) is 0 Å². The number of hydrogen-bond donors (Lipinski definition) is 0. The summed E-state index contributed by atoms with van der Waals surface area (Å²) in [6.07, 6.45) is 9.69. The van der Waals surface area contributed by atoms with Crippen LogP contribution in [-0.4, -0.2) is 20.1 Å². The van der Waals surface area contributed by atoms with Gasteiger partial charge in [-0.15, -0.1) is 0 Å². The van der Waals surface area contributed by atoms with Crippen molar-refractivity contribution in [2.45, 2.75) is 52.0 Å². The standard InChI is InChI=1S/C14H22BrN3/c1-2-5-18-13(16-10-17-18)8-14(9-15)7-11-3-4-12(14)6-11/h10-12H,2-9H2,1H3. The molecule has 2 saturated carbocycles. The van der Waals surface area contributed by atoms with Crippen molar-refractivity contribution in [1.82, 2.24) is 14.8 Å². The molecule has 1 heterocycles. The summed E-state index contributed by atoms with van der Waals surface area (Å²) in [5.74, 6) is 3.09. The minimum absolute atomic E-state index is 0.460. The van der Waals surface area contributed by atoms with Gasteiger partial charge in [-0.25, -0.2) is 4.98 Å². The highest BCUT2D eigenvalue weighted by molar-refractivity contribution is 9.09. The topological polar surface area (TPSA) is 30.7 Å². The van der Waals surface area contributed by atoms with Gasteiger partial charge in [0.25, 0.3) is 0 Å². The number of alkyl halides is 1. The van der Waals surface area contributed by atoms with E-state index in [-0.39, 0.29) is 0 Å². The first-order valence-electron chi connectivity index (χ1n) is 7.20. The Labute approximate surface area is 117 Å². The molecule has 100 valence electrons. The van der Waals surface area contributed by atoms with Gasteiger partial charge in [0.2, 0.25) is 0 Å². The van der Waals surface area contributed by atoms with E-state index in [2.05, 4.69) is 37.6 Å². The smallest absolute Gasteiger partial charge is 0.138 e. The third-order valence-electron chi connectivity index (χ3n) is 5.01. The maximum Gasteiger partial charge on any atom is 0.138 e. The van der Waals surface area contributed by atoms with Crippen molar-refractivity contribution in [1.29, 1.82) is 0 Å². The molecule has 3 nitrogen and oxygen atoms in total. The summed E-state index contributed by atoms with van der Waals surface area (Å²) in [5.41, 5.74) is 0.460. The molecule has 2 aliphatic carbocycles. The minimum atomic E-state index is 0.460. The van der Waals surface area contributed by atoms with Gasteiger partial charge in [0.1, 0.15) is 12.2 Å². The molecule has 4 heteroatoms. The summed E-state index contributed by atoms with van der Waals surface area (Å²) in [4.78, 5) is 4.51. The summed E-state index contributed by atoms with van der Waals surface area (Å²) < 4.78 is 2.11. The van der Waals surface area contributed by atoms with E-state index in [4.69, 9.17) is 0 Å². The molecule has 0 saturated heterocycles. The van der Waals surface area contributed by atoms with Crippen molar-refractivity contribution in [3.05, 3.63) is 12.2 Å². The van der Waals surface area contributed by atoms with Crippen molar-refractivity contribution in [2.75, 3.05) is 5.33 Å². The molecule has 0 radical (unpaired) electrons. The summed E-state index contributed by atoms with van der Waals surface area (Å²) in [5, 5.41) is 5.49. The van der Waals surface area contributed by atoms with Crippen molar-refractivity contribution in [2.24, 2.45) is 17.3 Å². The van der Waals surface area contributed by atoms with Crippen LogP contribution >= 0.6 is 15.9 Å². The Hall–Kier alpha value is -0.380. The van der Waals surface area contributed by atoms with E-state index in [0.717, 1.165) is 36.6 Å². The van der Waals surface area contributed by atoms with E-state index < -0.39 is 0 Å². The van der Waals surface area contributed by atoms with Gasteiger partial charge in [0.05, 0.1) is 0 Å². The molecule has 2 bridgehead atoms. The number of fused-ring (bicyclic) bond motifs is 2. The van der Waals surface area contributed by atoms with E-state index in [0.29, 0.717) is 5.41 Å². The van der Waals surface area contributed by atoms with Crippen LogP contribution in [-0.2, 0) is 13.0 Å². The number of aromatic nitrogens is 3. The third kappa shape index (κ3) is 2.02. The normalized spacial score (nSPS) is 34.3. The highest BCUT2D eigenvalue weighted by Gasteiger charge is 2.50. The predicted octanol–water partition coefficient (Wildman–Crippen LogP) is 3.43. The Balaban J connectivity index is 1.79. The second-order valence-corrected chi connectivity index (χ2v) is 6.71. The van der Waals surface area contributed by atoms with E-state index in [1.54, 1.807) is 6.33 Å². The van der Waals surface area contributed by atoms with Crippen LogP contribution in [0, 0.1) is 17.3 Å². The van der Waals surface area contributed by atoms with Crippen LogP contribution in [0.1, 0.15) is 44.9 Å². The van der Waals surface area contributed by atoms with Gasteiger partial charge in [-0.3, -0.25) is 4.68 Å². The number of nitrogens with zero attached hydrogens (tertiary/aromatic N) is 3. The van der Waals surface area contributed by atoms with Gasteiger partial charge in [0.15, 0.2) is 0 Å². The van der Waals surface area contributed by atoms with Crippen molar-refractivity contribution in [3.8, 4) is 0 Å². The Kier molecular flexibility index (Phi) is 3.48. The van der Waals surface area contributed by atoms with Gasteiger partial charge in [-0.05, 0) is 42.9 Å². The minimum Gasteiger partial charge on any atom is -0.250 e. The molecule has 1 aromatic heterocycles. The highest BCUT2D eigenvalue weighted by atomic mass is 79.9. The number of halogens is 1. The second-order valence-electron chi connectivity index (χ2n) is 6.15. The lowest BCUT2D eigenvalue weighted by molar-refractivity contribution is 0.190. The summed E-state index contributed by atoms with van der Waals surface area (Å²) in [7, 11) is 0. The Bertz CT molecular complexity index is 417. The fourth-order valence-corrected chi connectivity index (χ4v) is 5.01. The average Bonchev–Trinajstić information content (AvgIpc) is 3.07. The molecular weight excluding hydrogens is 290 g/mol. The third-order valence-corrected chi connectivity index (χ3v) is 6.13. The van der Waals surface area contributed by atoms with Crippen LogP contribution in [0.3, 0.4) is 0 Å². The van der Waals surface area contributed by atoms with E-state index >= 15 is 0 Å². The molecular formula is C14H22BrN3. The van der Waals surface area contributed by atoms with Gasteiger partial charge < -0.3 is 0 Å². The lowest BCUT2D eigenvalue weighted by Crippen LogP contribution is -2.33. The molecule has 0 spiro atoms. The van der Waals surface area contributed by atoms with Gasteiger partial charge >= 0.3 is 0 Å². The van der Waals surface area contributed by atoms with Crippen LogP contribution in [0.4, 0.5) is 0 Å². The summed E-state index contributed by atoms with van der Waals surface area (Å²) in [6.45, 7) is 3.20. The molecule has 3 rings (SSSR count). The largest absolute Gasteiger partial charge is 0.250 e. The monoisotopic (exact) mass is 311 g/mol. The first-order chi connectivity index (χ1) is 8.77. The average molecular weight is 312 g/mol. The maximum atomic E-state index is 4.51. The quantitative estimate of drug-likeness (QED) is 0.780. The van der Waals surface area contributed by atoms with E-state index in [1.165, 1.54) is 31.5 Å². The second kappa shape index (κ2) is 4.95. The summed E-state index contributed by atoms with van der Waals surface area (Å²) >= 11 is 3.79. The highest BCUT2D eigenvalue weighted by Crippen LogP contribution is 2.57. The molecule has 2 aliphatic rings. The van der Waals surface area contributed by atoms with Gasteiger partial charge in [-0.1, -0.05) is 29.3 Å². The first-order valence-corrected chi connectivity index (χ1v) is 8.32. The van der Waals surface area contributed by atoms with E-state index in [9.17, 15) is 0 Å². The maximum absolute atomic E-state index is 4.51. The van der Waals surface area contributed by atoms with Crippen molar-refractivity contribution in [3.63, 3.8) is 0 Å². The zero-order chi connectivity index (χ0) is 12.6. The zero-order valence-corrected chi connectivity index (χ0v) is 12.7. The molecule has 0 amide bonds. The zero-order valence-electron chi connectivity index (χ0n) is 11.1.